The first-order valence-electron chi connectivity index (χ1n) is 6.35. The second-order valence-corrected chi connectivity index (χ2v) is 5.16. The highest BCUT2D eigenvalue weighted by Crippen LogP contribution is 2.29. The van der Waals surface area contributed by atoms with Gasteiger partial charge in [-0.3, -0.25) is 0 Å². The van der Waals surface area contributed by atoms with E-state index in [9.17, 15) is 9.18 Å². The Morgan fingerprint density at radius 3 is 2.90 bits per heavy atom. The first kappa shape index (κ1) is 15.4. The van der Waals surface area contributed by atoms with Crippen molar-refractivity contribution in [1.29, 1.82) is 0 Å². The summed E-state index contributed by atoms with van der Waals surface area (Å²) >= 11 is 6.11. The molecule has 6 nitrogen and oxygen atoms in total. The predicted molar refractivity (Wildman–Crippen MR) is 78.1 cm³/mol. The van der Waals surface area contributed by atoms with E-state index in [0.29, 0.717) is 29.9 Å². The summed E-state index contributed by atoms with van der Waals surface area (Å²) in [4.78, 5) is 15.1. The average molecular weight is 315 g/mol. The molecule has 0 fully saturated rings. The quantitative estimate of drug-likeness (QED) is 0.830. The molecule has 1 unspecified atom stereocenters. The fourth-order valence-electron chi connectivity index (χ4n) is 2.13. The number of alkyl halides is 1. The standard InChI is InChI=1S/C13H16ClFN4O2/c1-7(14)12-18-9-5-8(15)11(21-2)6-10(9)19(12)4-3-17-13(16)20/h5-7H,3-4H2,1-2H3,(H3,16,17,20). The number of amides is 2. The van der Waals surface area contributed by atoms with Crippen molar-refractivity contribution in [3.63, 3.8) is 0 Å². The van der Waals surface area contributed by atoms with Crippen LogP contribution in [0.15, 0.2) is 12.1 Å². The summed E-state index contributed by atoms with van der Waals surface area (Å²) in [6.07, 6.45) is 0. The molecule has 114 valence electrons. The van der Waals surface area contributed by atoms with Crippen LogP contribution in [0.5, 0.6) is 5.75 Å². The number of carbonyl (C=O) groups is 1. The lowest BCUT2D eigenvalue weighted by atomic mass is 10.3. The third-order valence-corrected chi connectivity index (χ3v) is 3.24. The van der Waals surface area contributed by atoms with Crippen LogP contribution in [0.3, 0.4) is 0 Å². The molecule has 0 saturated heterocycles. The number of halogens is 2. The van der Waals surface area contributed by atoms with E-state index in [1.165, 1.54) is 13.2 Å². The number of ether oxygens (including phenoxy) is 1. The zero-order chi connectivity index (χ0) is 15.6. The summed E-state index contributed by atoms with van der Waals surface area (Å²) in [6.45, 7) is 2.51. The number of primary amides is 1. The molecule has 0 bridgehead atoms. The van der Waals surface area contributed by atoms with Gasteiger partial charge >= 0.3 is 6.03 Å². The first-order valence-corrected chi connectivity index (χ1v) is 6.78. The second kappa shape index (κ2) is 6.17. The van der Waals surface area contributed by atoms with Crippen LogP contribution >= 0.6 is 11.6 Å². The fourth-order valence-corrected chi connectivity index (χ4v) is 2.30. The van der Waals surface area contributed by atoms with Gasteiger partial charge in [0.2, 0.25) is 0 Å². The van der Waals surface area contributed by atoms with Crippen LogP contribution in [0.2, 0.25) is 0 Å². The molecule has 1 heterocycles. The molecule has 0 radical (unpaired) electrons. The third-order valence-electron chi connectivity index (χ3n) is 3.04. The Labute approximate surface area is 126 Å². The highest BCUT2D eigenvalue weighted by Gasteiger charge is 2.17. The maximum atomic E-state index is 13.7. The number of nitrogens with zero attached hydrogens (tertiary/aromatic N) is 2. The van der Waals surface area contributed by atoms with E-state index >= 15 is 0 Å². The summed E-state index contributed by atoms with van der Waals surface area (Å²) in [7, 11) is 1.39. The number of imidazole rings is 1. The molecule has 8 heteroatoms. The molecular weight excluding hydrogens is 299 g/mol. The van der Waals surface area contributed by atoms with Gasteiger partial charge in [0, 0.05) is 25.2 Å². The van der Waals surface area contributed by atoms with Crippen LogP contribution in [0.4, 0.5) is 9.18 Å². The van der Waals surface area contributed by atoms with E-state index in [-0.39, 0.29) is 11.1 Å². The number of aromatic nitrogens is 2. The first-order chi connectivity index (χ1) is 9.93. The van der Waals surface area contributed by atoms with Crippen LogP contribution in [-0.4, -0.2) is 29.2 Å². The highest BCUT2D eigenvalue weighted by atomic mass is 35.5. The van der Waals surface area contributed by atoms with E-state index in [0.717, 1.165) is 0 Å². The molecular formula is C13H16ClFN4O2. The molecule has 0 aliphatic heterocycles. The van der Waals surface area contributed by atoms with Crippen LogP contribution in [0.1, 0.15) is 18.1 Å². The predicted octanol–water partition coefficient (Wildman–Crippen LogP) is 2.15. The molecule has 0 aliphatic rings. The average Bonchev–Trinajstić information content (AvgIpc) is 2.75. The van der Waals surface area contributed by atoms with Crippen molar-refractivity contribution >= 4 is 28.7 Å². The van der Waals surface area contributed by atoms with Crippen molar-refractivity contribution in [2.75, 3.05) is 13.7 Å². The summed E-state index contributed by atoms with van der Waals surface area (Å²) in [6, 6.07) is 2.25. The number of nitrogens with two attached hydrogens (primary N) is 1. The molecule has 1 aromatic heterocycles. The SMILES string of the molecule is COc1cc2c(cc1F)nc(C(C)Cl)n2CCNC(N)=O. The van der Waals surface area contributed by atoms with Crippen LogP contribution in [0, 0.1) is 5.82 Å². The minimum atomic E-state index is -0.608. The molecule has 1 atom stereocenters. The maximum Gasteiger partial charge on any atom is 0.312 e. The Kier molecular flexibility index (Phi) is 4.52. The largest absolute Gasteiger partial charge is 0.494 e. The van der Waals surface area contributed by atoms with Crippen LogP contribution in [-0.2, 0) is 6.54 Å². The van der Waals surface area contributed by atoms with E-state index in [4.69, 9.17) is 22.1 Å². The molecule has 3 N–H and O–H groups in total. The van der Waals surface area contributed by atoms with Gasteiger partial charge in [0.15, 0.2) is 11.6 Å². The van der Waals surface area contributed by atoms with Gasteiger partial charge in [0.1, 0.15) is 5.82 Å². The van der Waals surface area contributed by atoms with Crippen molar-refractivity contribution in [3.8, 4) is 5.75 Å². The minimum Gasteiger partial charge on any atom is -0.494 e. The normalized spacial score (nSPS) is 12.4. The fraction of sp³-hybridized carbons (Fsp3) is 0.385. The number of benzene rings is 1. The van der Waals surface area contributed by atoms with Gasteiger partial charge in [0.05, 0.1) is 23.5 Å². The summed E-state index contributed by atoms with van der Waals surface area (Å²) < 4.78 is 20.5. The Bertz CT molecular complexity index is 672. The lowest BCUT2D eigenvalue weighted by molar-refractivity contribution is 0.248. The van der Waals surface area contributed by atoms with Gasteiger partial charge in [0.25, 0.3) is 0 Å². The van der Waals surface area contributed by atoms with Crippen molar-refractivity contribution in [2.45, 2.75) is 18.8 Å². The molecule has 0 aliphatic carbocycles. The number of fused-ring (bicyclic) bond motifs is 1. The molecule has 2 amide bonds. The van der Waals surface area contributed by atoms with E-state index in [2.05, 4.69) is 10.3 Å². The number of carbonyl (C=O) groups excluding carboxylic acids is 1. The zero-order valence-electron chi connectivity index (χ0n) is 11.7. The number of methoxy groups -OCH3 is 1. The van der Waals surface area contributed by atoms with Gasteiger partial charge in [-0.2, -0.15) is 0 Å². The van der Waals surface area contributed by atoms with Gasteiger partial charge in [-0.25, -0.2) is 14.2 Å². The number of hydrogen-bond donors (Lipinski definition) is 2. The third kappa shape index (κ3) is 3.18. The Morgan fingerprint density at radius 1 is 1.62 bits per heavy atom. The topological polar surface area (TPSA) is 82.2 Å². The highest BCUT2D eigenvalue weighted by molar-refractivity contribution is 6.20. The van der Waals surface area contributed by atoms with E-state index in [1.54, 1.807) is 13.0 Å². The van der Waals surface area contributed by atoms with Crippen molar-refractivity contribution in [1.82, 2.24) is 14.9 Å². The smallest absolute Gasteiger partial charge is 0.312 e. The summed E-state index contributed by atoms with van der Waals surface area (Å²) in [5.41, 5.74) is 6.20. The second-order valence-electron chi connectivity index (χ2n) is 4.50. The Hall–Kier alpha value is -2.02. The number of hydrogen-bond acceptors (Lipinski definition) is 3. The van der Waals surface area contributed by atoms with Crippen LogP contribution in [0.25, 0.3) is 11.0 Å². The maximum absolute atomic E-state index is 13.7. The molecule has 0 spiro atoms. The van der Waals surface area contributed by atoms with E-state index in [1.807, 2.05) is 4.57 Å². The van der Waals surface area contributed by atoms with Crippen molar-refractivity contribution < 1.29 is 13.9 Å². The van der Waals surface area contributed by atoms with E-state index < -0.39 is 11.8 Å². The van der Waals surface area contributed by atoms with Gasteiger partial charge in [-0.05, 0) is 6.92 Å². The molecule has 21 heavy (non-hydrogen) atoms. The lowest BCUT2D eigenvalue weighted by Gasteiger charge is -2.11. The Balaban J connectivity index is 2.47. The lowest BCUT2D eigenvalue weighted by Crippen LogP contribution is -2.32. The monoisotopic (exact) mass is 314 g/mol. The van der Waals surface area contributed by atoms with Gasteiger partial charge < -0.3 is 20.4 Å². The summed E-state index contributed by atoms with van der Waals surface area (Å²) in [5.74, 6) is 0.226. The molecule has 2 aromatic rings. The van der Waals surface area contributed by atoms with Gasteiger partial charge in [-0.15, -0.1) is 11.6 Å². The van der Waals surface area contributed by atoms with Crippen molar-refractivity contribution in [3.05, 3.63) is 23.8 Å². The number of rotatable bonds is 5. The van der Waals surface area contributed by atoms with Crippen molar-refractivity contribution in [2.24, 2.45) is 5.73 Å². The zero-order valence-corrected chi connectivity index (χ0v) is 12.4. The van der Waals surface area contributed by atoms with Crippen LogP contribution < -0.4 is 15.8 Å². The number of urea groups is 1. The van der Waals surface area contributed by atoms with Gasteiger partial charge in [-0.1, -0.05) is 0 Å². The minimum absolute atomic E-state index is 0.125. The number of nitrogens with one attached hydrogen (secondary N) is 1. The molecule has 2 rings (SSSR count). The Morgan fingerprint density at radius 2 is 2.33 bits per heavy atom. The molecule has 0 saturated carbocycles. The molecule has 1 aromatic carbocycles. The summed E-state index contributed by atoms with van der Waals surface area (Å²) in [5, 5.41) is 2.14.